The quantitative estimate of drug-likeness (QED) is 0.684. The van der Waals surface area contributed by atoms with E-state index in [0.29, 0.717) is 23.7 Å². The molecule has 2 aromatic carbocycles. The lowest BCUT2D eigenvalue weighted by molar-refractivity contribution is -0.156. The van der Waals surface area contributed by atoms with Crippen LogP contribution in [0.15, 0.2) is 60.7 Å². The van der Waals surface area contributed by atoms with Crippen LogP contribution in [0.4, 0.5) is 11.6 Å². The summed E-state index contributed by atoms with van der Waals surface area (Å²) in [5.74, 6) is 0.503. The summed E-state index contributed by atoms with van der Waals surface area (Å²) in [5.41, 5.74) is 1.79. The van der Waals surface area contributed by atoms with E-state index in [1.807, 2.05) is 65.2 Å². The third-order valence-electron chi connectivity index (χ3n) is 4.97. The minimum absolute atomic E-state index is 0.0764. The van der Waals surface area contributed by atoms with E-state index < -0.39 is 6.29 Å². The fourth-order valence-corrected chi connectivity index (χ4v) is 3.98. The van der Waals surface area contributed by atoms with Crippen LogP contribution in [0.3, 0.4) is 0 Å². The van der Waals surface area contributed by atoms with Gasteiger partial charge in [0, 0.05) is 12.1 Å². The Balaban J connectivity index is 1.61. The molecule has 7 nitrogen and oxygen atoms in total. The molecule has 0 saturated carbocycles. The van der Waals surface area contributed by atoms with Crippen molar-refractivity contribution < 1.29 is 14.3 Å². The molecule has 8 heteroatoms. The third-order valence-corrected chi connectivity index (χ3v) is 5.34. The molecule has 2 aliphatic heterocycles. The third kappa shape index (κ3) is 2.95. The average molecular weight is 394 g/mol. The Labute approximate surface area is 166 Å². The number of carbonyl (C=O) groups excluding carboxylic acids is 1. The fraction of sp³-hybridized carbons (Fsp3) is 0.250. The Hall–Kier alpha value is -2.81. The average Bonchev–Trinajstić information content (AvgIpc) is 3.29. The number of aromatic nitrogens is 3. The molecule has 0 radical (unpaired) electrons. The van der Waals surface area contributed by atoms with Gasteiger partial charge in [0.25, 0.3) is 0 Å². The molecular formula is C20H18N4O3S. The largest absolute Gasteiger partial charge is 0.343 e. The van der Waals surface area contributed by atoms with Gasteiger partial charge >= 0.3 is 0 Å². The van der Waals surface area contributed by atoms with Crippen LogP contribution in [-0.2, 0) is 14.3 Å². The van der Waals surface area contributed by atoms with Crippen molar-refractivity contribution in [2.24, 2.45) is 0 Å². The van der Waals surface area contributed by atoms with Gasteiger partial charge in [0.2, 0.25) is 17.0 Å². The second-order valence-electron chi connectivity index (χ2n) is 6.79. The molecule has 3 aromatic rings. The van der Waals surface area contributed by atoms with Crippen LogP contribution in [-0.4, -0.2) is 39.1 Å². The van der Waals surface area contributed by atoms with E-state index >= 15 is 0 Å². The lowest BCUT2D eigenvalue weighted by atomic mass is 10.0. The van der Waals surface area contributed by atoms with Gasteiger partial charge in [-0.25, -0.2) is 4.68 Å². The molecular weight excluding hydrogens is 376 g/mol. The van der Waals surface area contributed by atoms with Crippen molar-refractivity contribution in [1.29, 1.82) is 0 Å². The Morgan fingerprint density at radius 3 is 2.54 bits per heavy atom. The highest BCUT2D eigenvalue weighted by Crippen LogP contribution is 2.34. The van der Waals surface area contributed by atoms with Gasteiger partial charge in [0.15, 0.2) is 5.78 Å². The Kier molecular flexibility index (Phi) is 4.31. The number of benzene rings is 2. The number of Topliss-reactive ketones (excluding diaryl/α,β-unsaturated/α-hetero) is 1. The maximum absolute atomic E-state index is 12.3. The van der Waals surface area contributed by atoms with E-state index in [-0.39, 0.29) is 17.9 Å². The highest BCUT2D eigenvalue weighted by atomic mass is 32.1. The van der Waals surface area contributed by atoms with Gasteiger partial charge < -0.3 is 14.8 Å². The van der Waals surface area contributed by atoms with Crippen molar-refractivity contribution in [3.05, 3.63) is 65.4 Å². The molecule has 1 aromatic heterocycles. The number of hydrogen-bond donors (Lipinski definition) is 1. The van der Waals surface area contributed by atoms with Gasteiger partial charge in [-0.3, -0.25) is 9.36 Å². The highest BCUT2D eigenvalue weighted by molar-refractivity contribution is 7.71. The summed E-state index contributed by atoms with van der Waals surface area (Å²) in [6.07, 6.45) is -0.688. The second kappa shape index (κ2) is 6.97. The first-order chi connectivity index (χ1) is 13.7. The van der Waals surface area contributed by atoms with Gasteiger partial charge in [-0.15, -0.1) is 5.10 Å². The number of ketones is 1. The van der Waals surface area contributed by atoms with Gasteiger partial charge in [-0.1, -0.05) is 36.4 Å². The molecule has 1 N–H and O–H groups in total. The van der Waals surface area contributed by atoms with Crippen LogP contribution in [0.2, 0.25) is 0 Å². The van der Waals surface area contributed by atoms with E-state index in [1.54, 1.807) is 4.68 Å². The Morgan fingerprint density at radius 1 is 1.07 bits per heavy atom. The van der Waals surface area contributed by atoms with E-state index in [2.05, 4.69) is 5.32 Å². The fourth-order valence-electron chi connectivity index (χ4n) is 3.61. The summed E-state index contributed by atoms with van der Waals surface area (Å²) in [7, 11) is 0. The number of nitrogens with zero attached hydrogens (tertiary/aromatic N) is 3. The monoisotopic (exact) mass is 394 g/mol. The van der Waals surface area contributed by atoms with Crippen LogP contribution in [0.5, 0.6) is 0 Å². The van der Waals surface area contributed by atoms with Crippen LogP contribution in [0.1, 0.15) is 12.5 Å². The van der Waals surface area contributed by atoms with Crippen molar-refractivity contribution in [2.75, 3.05) is 11.9 Å². The van der Waals surface area contributed by atoms with Crippen molar-refractivity contribution in [1.82, 2.24) is 14.3 Å². The molecule has 0 amide bonds. The molecule has 2 fully saturated rings. The minimum atomic E-state index is -0.742. The SMILES string of the molecule is O=C1C[C@@H](n2nc(Nc3ccccc3)n(-c3ccccc3)c2=S)[C@H]2CO[C@@H]1O2. The summed E-state index contributed by atoms with van der Waals surface area (Å²) in [4.78, 5) is 12.3. The van der Waals surface area contributed by atoms with Crippen LogP contribution in [0.25, 0.3) is 5.69 Å². The first-order valence-corrected chi connectivity index (χ1v) is 9.50. The van der Waals surface area contributed by atoms with E-state index in [9.17, 15) is 4.79 Å². The molecule has 0 aliphatic carbocycles. The zero-order valence-corrected chi connectivity index (χ0v) is 15.7. The maximum atomic E-state index is 12.3. The zero-order chi connectivity index (χ0) is 19.1. The van der Waals surface area contributed by atoms with Crippen molar-refractivity contribution in [3.8, 4) is 5.69 Å². The number of anilines is 2. The molecule has 5 rings (SSSR count). The van der Waals surface area contributed by atoms with Crippen LogP contribution >= 0.6 is 12.2 Å². The molecule has 3 heterocycles. The maximum Gasteiger partial charge on any atom is 0.232 e. The number of rotatable bonds is 4. The number of para-hydroxylation sites is 2. The number of ether oxygens (including phenoxy) is 2. The van der Waals surface area contributed by atoms with Crippen LogP contribution < -0.4 is 5.32 Å². The van der Waals surface area contributed by atoms with Gasteiger partial charge in [0.1, 0.15) is 6.10 Å². The second-order valence-corrected chi connectivity index (χ2v) is 7.16. The number of hydrogen-bond acceptors (Lipinski definition) is 6. The number of nitrogens with one attached hydrogen (secondary N) is 1. The molecule has 2 bridgehead atoms. The smallest absolute Gasteiger partial charge is 0.232 e. The molecule has 2 aliphatic rings. The predicted octanol–water partition coefficient (Wildman–Crippen LogP) is 3.40. The zero-order valence-electron chi connectivity index (χ0n) is 14.9. The summed E-state index contributed by atoms with van der Waals surface area (Å²) in [6, 6.07) is 19.3. The molecule has 142 valence electrons. The highest BCUT2D eigenvalue weighted by Gasteiger charge is 2.45. The first-order valence-electron chi connectivity index (χ1n) is 9.09. The van der Waals surface area contributed by atoms with E-state index in [4.69, 9.17) is 26.8 Å². The Bertz CT molecular complexity index is 1060. The summed E-state index contributed by atoms with van der Waals surface area (Å²) >= 11 is 5.76. The number of carbonyl (C=O) groups is 1. The van der Waals surface area contributed by atoms with E-state index in [0.717, 1.165) is 11.4 Å². The van der Waals surface area contributed by atoms with Crippen molar-refractivity contribution >= 4 is 29.6 Å². The summed E-state index contributed by atoms with van der Waals surface area (Å²) < 4.78 is 15.2. The van der Waals surface area contributed by atoms with Gasteiger partial charge in [0.05, 0.1) is 18.3 Å². The molecule has 28 heavy (non-hydrogen) atoms. The molecule has 0 unspecified atom stereocenters. The first kappa shape index (κ1) is 17.3. The lowest BCUT2D eigenvalue weighted by Gasteiger charge is -2.26. The van der Waals surface area contributed by atoms with Gasteiger partial charge in [-0.2, -0.15) is 0 Å². The topological polar surface area (TPSA) is 70.3 Å². The standard InChI is InChI=1S/C20H18N4O3S/c25-16-11-15(17-12-26-18(16)27-17)24-20(28)23(14-9-5-2-6-10-14)19(22-24)21-13-7-3-1-4-8-13/h1-10,15,17-18H,11-12H2,(H,21,22)/t15-,17-,18-/m1/s1. The van der Waals surface area contributed by atoms with Crippen molar-refractivity contribution in [2.45, 2.75) is 24.9 Å². The van der Waals surface area contributed by atoms with Crippen molar-refractivity contribution in [3.63, 3.8) is 0 Å². The minimum Gasteiger partial charge on any atom is -0.343 e. The molecule has 2 saturated heterocycles. The van der Waals surface area contributed by atoms with Crippen LogP contribution in [0, 0.1) is 4.77 Å². The van der Waals surface area contributed by atoms with Gasteiger partial charge in [-0.05, 0) is 36.5 Å². The number of fused-ring (bicyclic) bond motifs is 2. The normalized spacial score (nSPS) is 23.7. The molecule has 3 atom stereocenters. The molecule has 0 spiro atoms. The Morgan fingerprint density at radius 2 is 1.79 bits per heavy atom. The van der Waals surface area contributed by atoms with E-state index in [1.165, 1.54) is 0 Å². The summed E-state index contributed by atoms with van der Waals surface area (Å²) in [5, 5.41) is 8.07. The lowest BCUT2D eigenvalue weighted by Crippen LogP contribution is -2.37. The summed E-state index contributed by atoms with van der Waals surface area (Å²) in [6.45, 7) is 0.364. The predicted molar refractivity (Wildman–Crippen MR) is 105 cm³/mol.